The number of amides is 1. The number of nitrogens with zero attached hydrogens (tertiary/aromatic N) is 1. The molecule has 4 N–H and O–H groups in total. The molecule has 6 nitrogen and oxygen atoms in total. The van der Waals surface area contributed by atoms with Crippen LogP contribution in [-0.2, 0) is 4.79 Å². The van der Waals surface area contributed by atoms with Crippen LogP contribution < -0.4 is 11.1 Å². The van der Waals surface area contributed by atoms with Gasteiger partial charge in [0, 0.05) is 18.7 Å². The predicted octanol–water partition coefficient (Wildman–Crippen LogP) is 1.55. The maximum atomic E-state index is 11.2. The van der Waals surface area contributed by atoms with Crippen molar-refractivity contribution in [1.29, 1.82) is 0 Å². The Morgan fingerprint density at radius 2 is 2.05 bits per heavy atom. The van der Waals surface area contributed by atoms with Gasteiger partial charge in [0.15, 0.2) is 0 Å². The number of rotatable bonds is 8. The number of carbonyl (C=O) groups is 2. The maximum absolute atomic E-state index is 11.2. The number of carboxylic acid groups (broad SMARTS) is 1. The van der Waals surface area contributed by atoms with Gasteiger partial charge in [-0.2, -0.15) is 0 Å². The quantitative estimate of drug-likeness (QED) is 0.618. The Kier molecular flexibility index (Phi) is 5.78. The molecule has 1 aromatic heterocycles. The summed E-state index contributed by atoms with van der Waals surface area (Å²) in [6.07, 6.45) is 2.48. The van der Waals surface area contributed by atoms with Gasteiger partial charge in [0.25, 0.3) is 5.91 Å². The molecule has 0 aliphatic heterocycles. The molecule has 104 valence electrons. The molecule has 1 rings (SSSR count). The van der Waals surface area contributed by atoms with E-state index in [2.05, 4.69) is 10.3 Å². The number of anilines is 1. The second-order valence-electron chi connectivity index (χ2n) is 4.34. The minimum Gasteiger partial charge on any atom is -0.481 e. The van der Waals surface area contributed by atoms with E-state index in [1.807, 2.05) is 6.92 Å². The highest BCUT2D eigenvalue weighted by Gasteiger charge is 2.09. The fourth-order valence-electron chi connectivity index (χ4n) is 1.68. The van der Waals surface area contributed by atoms with Crippen molar-refractivity contribution < 1.29 is 14.7 Å². The van der Waals surface area contributed by atoms with Crippen molar-refractivity contribution in [3.05, 3.63) is 23.4 Å². The number of primary amides is 1. The highest BCUT2D eigenvalue weighted by molar-refractivity contribution is 5.97. The predicted molar refractivity (Wildman–Crippen MR) is 72.1 cm³/mol. The van der Waals surface area contributed by atoms with Crippen LogP contribution in [0.5, 0.6) is 0 Å². The Balaban J connectivity index is 2.42. The van der Waals surface area contributed by atoms with Crippen LogP contribution in [0.1, 0.15) is 41.7 Å². The maximum Gasteiger partial charge on any atom is 0.303 e. The van der Waals surface area contributed by atoms with Crippen LogP contribution in [-0.4, -0.2) is 28.5 Å². The molecule has 0 atom stereocenters. The Morgan fingerprint density at radius 3 is 2.68 bits per heavy atom. The number of aryl methyl sites for hydroxylation is 1. The molecule has 0 radical (unpaired) electrons. The molecule has 0 bridgehead atoms. The topological polar surface area (TPSA) is 105 Å². The molecule has 0 aromatic carbocycles. The first-order chi connectivity index (χ1) is 9.00. The smallest absolute Gasteiger partial charge is 0.303 e. The van der Waals surface area contributed by atoms with Crippen LogP contribution in [0.15, 0.2) is 12.1 Å². The first-order valence-electron chi connectivity index (χ1n) is 6.24. The van der Waals surface area contributed by atoms with Crippen molar-refractivity contribution >= 4 is 17.7 Å². The van der Waals surface area contributed by atoms with E-state index in [4.69, 9.17) is 10.8 Å². The second-order valence-corrected chi connectivity index (χ2v) is 4.34. The molecule has 0 fully saturated rings. The molecule has 0 saturated heterocycles. The Hall–Kier alpha value is -2.11. The third kappa shape index (κ3) is 5.37. The number of hydrogen-bond acceptors (Lipinski definition) is 4. The first kappa shape index (κ1) is 14.9. The fraction of sp³-hybridized carbons (Fsp3) is 0.462. The normalized spacial score (nSPS) is 10.2. The van der Waals surface area contributed by atoms with Crippen molar-refractivity contribution in [2.75, 3.05) is 11.9 Å². The number of aliphatic carboxylic acids is 1. The van der Waals surface area contributed by atoms with Crippen LogP contribution in [0.3, 0.4) is 0 Å². The van der Waals surface area contributed by atoms with Gasteiger partial charge in [-0.1, -0.05) is 6.42 Å². The Morgan fingerprint density at radius 1 is 1.32 bits per heavy atom. The van der Waals surface area contributed by atoms with Gasteiger partial charge in [0.2, 0.25) is 0 Å². The number of pyridine rings is 1. The summed E-state index contributed by atoms with van der Waals surface area (Å²) in [6, 6.07) is 3.38. The first-order valence-corrected chi connectivity index (χ1v) is 6.24. The largest absolute Gasteiger partial charge is 0.481 e. The number of nitrogens with two attached hydrogens (primary N) is 1. The lowest BCUT2D eigenvalue weighted by molar-refractivity contribution is -0.137. The van der Waals surface area contributed by atoms with Crippen LogP contribution >= 0.6 is 0 Å². The molecule has 0 spiro atoms. The van der Waals surface area contributed by atoms with Gasteiger partial charge in [-0.15, -0.1) is 0 Å². The number of carboxylic acids is 1. The molecular formula is C13H19N3O3. The Labute approximate surface area is 112 Å². The van der Waals surface area contributed by atoms with Gasteiger partial charge >= 0.3 is 5.97 Å². The van der Waals surface area contributed by atoms with Gasteiger partial charge in [-0.25, -0.2) is 4.98 Å². The number of unbranched alkanes of at least 4 members (excludes halogenated alkanes) is 2. The summed E-state index contributed by atoms with van der Waals surface area (Å²) >= 11 is 0. The molecule has 6 heteroatoms. The second kappa shape index (κ2) is 7.35. The highest BCUT2D eigenvalue weighted by atomic mass is 16.4. The van der Waals surface area contributed by atoms with E-state index in [-0.39, 0.29) is 6.42 Å². The van der Waals surface area contributed by atoms with E-state index < -0.39 is 11.9 Å². The van der Waals surface area contributed by atoms with Gasteiger partial charge in [-0.05, 0) is 31.9 Å². The van der Waals surface area contributed by atoms with E-state index in [0.717, 1.165) is 18.5 Å². The lowest BCUT2D eigenvalue weighted by atomic mass is 10.2. The molecule has 0 aliphatic carbocycles. The zero-order chi connectivity index (χ0) is 14.3. The summed E-state index contributed by atoms with van der Waals surface area (Å²) in [4.78, 5) is 25.8. The molecule has 1 amide bonds. The van der Waals surface area contributed by atoms with Crippen LogP contribution in [0, 0.1) is 6.92 Å². The monoisotopic (exact) mass is 265 g/mol. The minimum absolute atomic E-state index is 0.190. The lowest BCUT2D eigenvalue weighted by Gasteiger charge is -2.09. The van der Waals surface area contributed by atoms with Gasteiger partial charge in [0.1, 0.15) is 5.82 Å². The van der Waals surface area contributed by atoms with Crippen LogP contribution in [0.2, 0.25) is 0 Å². The molecule has 1 aromatic rings. The standard InChI is InChI=1S/C13H19N3O3/c1-9-6-7-10(12(14)19)13(16-9)15-8-4-2-3-5-11(17)18/h6-7H,2-5,8H2,1H3,(H2,14,19)(H,15,16)(H,17,18). The summed E-state index contributed by atoms with van der Waals surface area (Å²) in [6.45, 7) is 2.47. The SMILES string of the molecule is Cc1ccc(C(N)=O)c(NCCCCCC(=O)O)n1. The van der Waals surface area contributed by atoms with Gasteiger partial charge in [-0.3, -0.25) is 9.59 Å². The van der Waals surface area contributed by atoms with E-state index >= 15 is 0 Å². The van der Waals surface area contributed by atoms with Crippen molar-refractivity contribution in [3.8, 4) is 0 Å². The average Bonchev–Trinajstić information content (AvgIpc) is 2.33. The summed E-state index contributed by atoms with van der Waals surface area (Å²) in [5.74, 6) is -0.795. The van der Waals surface area contributed by atoms with E-state index in [9.17, 15) is 9.59 Å². The van der Waals surface area contributed by atoms with E-state index in [1.165, 1.54) is 0 Å². The number of carbonyl (C=O) groups excluding carboxylic acids is 1. The average molecular weight is 265 g/mol. The summed E-state index contributed by atoms with van der Waals surface area (Å²) in [7, 11) is 0. The zero-order valence-electron chi connectivity index (χ0n) is 11.0. The van der Waals surface area contributed by atoms with Crippen LogP contribution in [0.4, 0.5) is 5.82 Å². The molecule has 0 aliphatic rings. The molecular weight excluding hydrogens is 246 g/mol. The summed E-state index contributed by atoms with van der Waals surface area (Å²) in [5.41, 5.74) is 6.44. The van der Waals surface area contributed by atoms with Gasteiger partial charge < -0.3 is 16.2 Å². The van der Waals surface area contributed by atoms with Crippen molar-refractivity contribution in [2.45, 2.75) is 32.6 Å². The fourth-order valence-corrected chi connectivity index (χ4v) is 1.68. The zero-order valence-corrected chi connectivity index (χ0v) is 11.0. The highest BCUT2D eigenvalue weighted by Crippen LogP contribution is 2.13. The molecule has 19 heavy (non-hydrogen) atoms. The summed E-state index contributed by atoms with van der Waals surface area (Å²) < 4.78 is 0. The van der Waals surface area contributed by atoms with E-state index in [1.54, 1.807) is 12.1 Å². The van der Waals surface area contributed by atoms with Crippen molar-refractivity contribution in [3.63, 3.8) is 0 Å². The van der Waals surface area contributed by atoms with Gasteiger partial charge in [0.05, 0.1) is 5.56 Å². The van der Waals surface area contributed by atoms with E-state index in [0.29, 0.717) is 24.3 Å². The third-order valence-corrected chi connectivity index (χ3v) is 2.66. The minimum atomic E-state index is -0.774. The Bertz CT molecular complexity index is 460. The number of aromatic nitrogens is 1. The molecule has 0 saturated carbocycles. The van der Waals surface area contributed by atoms with Crippen molar-refractivity contribution in [2.24, 2.45) is 5.73 Å². The summed E-state index contributed by atoms with van der Waals surface area (Å²) in [5, 5.41) is 11.6. The van der Waals surface area contributed by atoms with Crippen molar-refractivity contribution in [1.82, 2.24) is 4.98 Å². The van der Waals surface area contributed by atoms with Crippen LogP contribution in [0.25, 0.3) is 0 Å². The number of nitrogens with one attached hydrogen (secondary N) is 1. The number of hydrogen-bond donors (Lipinski definition) is 3. The lowest BCUT2D eigenvalue weighted by Crippen LogP contribution is -2.16. The molecule has 0 unspecified atom stereocenters. The third-order valence-electron chi connectivity index (χ3n) is 2.66. The molecule has 1 heterocycles.